The first-order chi connectivity index (χ1) is 9.61. The van der Waals surface area contributed by atoms with Crippen LogP contribution in [0.1, 0.15) is 23.4 Å². The summed E-state index contributed by atoms with van der Waals surface area (Å²) in [5.41, 5.74) is 2.48. The van der Waals surface area contributed by atoms with E-state index in [-0.39, 0.29) is 0 Å². The summed E-state index contributed by atoms with van der Waals surface area (Å²) < 4.78 is 7.52. The molecule has 0 fully saturated rings. The fraction of sp³-hybridized carbons (Fsp3) is 0.333. The summed E-state index contributed by atoms with van der Waals surface area (Å²) >= 11 is 6.09. The van der Waals surface area contributed by atoms with Gasteiger partial charge in [0.05, 0.1) is 34.7 Å². The first kappa shape index (κ1) is 14.4. The summed E-state index contributed by atoms with van der Waals surface area (Å²) in [6, 6.07) is 9.18. The number of rotatable bonds is 5. The Morgan fingerprint density at radius 2 is 2.00 bits per heavy atom. The van der Waals surface area contributed by atoms with Gasteiger partial charge < -0.3 is 4.74 Å². The van der Waals surface area contributed by atoms with Gasteiger partial charge in [-0.2, -0.15) is 10.4 Å². The van der Waals surface area contributed by atoms with E-state index < -0.39 is 0 Å². The van der Waals surface area contributed by atoms with E-state index in [2.05, 4.69) is 11.2 Å². The molecule has 0 saturated carbocycles. The molecule has 0 N–H and O–H groups in total. The van der Waals surface area contributed by atoms with Crippen LogP contribution in [0.2, 0.25) is 5.02 Å². The Kier molecular flexibility index (Phi) is 4.65. The molecule has 0 saturated heterocycles. The predicted octanol–water partition coefficient (Wildman–Crippen LogP) is 3.49. The summed E-state index contributed by atoms with van der Waals surface area (Å²) in [7, 11) is 0. The highest BCUT2D eigenvalue weighted by molar-refractivity contribution is 6.31. The lowest BCUT2D eigenvalue weighted by Gasteiger charge is -2.07. The predicted molar refractivity (Wildman–Crippen MR) is 78.0 cm³/mol. The van der Waals surface area contributed by atoms with Crippen molar-refractivity contribution in [2.75, 3.05) is 6.61 Å². The molecular weight excluding hydrogens is 274 g/mol. The number of aromatic nitrogens is 2. The van der Waals surface area contributed by atoms with Gasteiger partial charge in [-0.15, -0.1) is 0 Å². The molecule has 2 rings (SSSR count). The van der Waals surface area contributed by atoms with Crippen LogP contribution in [-0.2, 0) is 6.54 Å². The molecular formula is C15H16ClN3O. The molecule has 0 aliphatic carbocycles. The van der Waals surface area contributed by atoms with Crippen molar-refractivity contribution < 1.29 is 4.74 Å². The normalized spacial score (nSPS) is 10.3. The molecule has 0 radical (unpaired) electrons. The zero-order chi connectivity index (χ0) is 14.5. The molecule has 5 heteroatoms. The van der Waals surface area contributed by atoms with Crippen molar-refractivity contribution >= 4 is 11.6 Å². The van der Waals surface area contributed by atoms with E-state index in [0.717, 1.165) is 35.1 Å². The lowest BCUT2D eigenvalue weighted by atomic mass is 10.2. The van der Waals surface area contributed by atoms with E-state index in [1.54, 1.807) is 24.3 Å². The molecule has 0 amide bonds. The van der Waals surface area contributed by atoms with Crippen LogP contribution in [0.4, 0.5) is 0 Å². The molecule has 1 aromatic heterocycles. The van der Waals surface area contributed by atoms with Gasteiger partial charge in [0.2, 0.25) is 0 Å². The number of hydrogen-bond acceptors (Lipinski definition) is 3. The van der Waals surface area contributed by atoms with Crippen molar-refractivity contribution in [3.05, 3.63) is 46.2 Å². The maximum atomic E-state index is 8.71. The van der Waals surface area contributed by atoms with Crippen molar-refractivity contribution in [1.82, 2.24) is 9.78 Å². The third kappa shape index (κ3) is 3.31. The van der Waals surface area contributed by atoms with Crippen LogP contribution in [0.25, 0.3) is 0 Å². The molecule has 1 aromatic carbocycles. The van der Waals surface area contributed by atoms with Crippen molar-refractivity contribution in [3.63, 3.8) is 0 Å². The maximum Gasteiger partial charge on any atom is 0.119 e. The van der Waals surface area contributed by atoms with E-state index in [0.29, 0.717) is 12.2 Å². The standard InChI is InChI=1S/C15H16ClN3O/c1-11-15(16)12(2)19(18-11)8-3-9-20-14-6-4-13(10-17)5-7-14/h4-7H,3,8-9H2,1-2H3. The Morgan fingerprint density at radius 3 is 2.55 bits per heavy atom. The van der Waals surface area contributed by atoms with Crippen molar-refractivity contribution in [2.24, 2.45) is 0 Å². The van der Waals surface area contributed by atoms with Gasteiger partial charge in [0.1, 0.15) is 5.75 Å². The molecule has 0 unspecified atom stereocenters. The van der Waals surface area contributed by atoms with Gasteiger partial charge in [-0.05, 0) is 38.1 Å². The molecule has 1 heterocycles. The van der Waals surface area contributed by atoms with E-state index in [4.69, 9.17) is 21.6 Å². The molecule has 4 nitrogen and oxygen atoms in total. The first-order valence-electron chi connectivity index (χ1n) is 6.44. The lowest BCUT2D eigenvalue weighted by Crippen LogP contribution is -2.07. The average molecular weight is 290 g/mol. The van der Waals surface area contributed by atoms with Gasteiger partial charge in [0.15, 0.2) is 0 Å². The van der Waals surface area contributed by atoms with Crippen LogP contribution >= 0.6 is 11.6 Å². The zero-order valence-electron chi connectivity index (χ0n) is 11.6. The van der Waals surface area contributed by atoms with Crippen LogP contribution in [0.5, 0.6) is 5.75 Å². The number of ether oxygens (including phenoxy) is 1. The average Bonchev–Trinajstić information content (AvgIpc) is 2.71. The highest BCUT2D eigenvalue weighted by Gasteiger charge is 2.08. The van der Waals surface area contributed by atoms with Gasteiger partial charge in [-0.1, -0.05) is 11.6 Å². The number of nitrogens with zero attached hydrogens (tertiary/aromatic N) is 3. The fourth-order valence-corrected chi connectivity index (χ4v) is 2.06. The Labute approximate surface area is 123 Å². The van der Waals surface area contributed by atoms with Crippen LogP contribution < -0.4 is 4.74 Å². The van der Waals surface area contributed by atoms with E-state index in [1.807, 2.05) is 18.5 Å². The van der Waals surface area contributed by atoms with Gasteiger partial charge >= 0.3 is 0 Å². The largest absolute Gasteiger partial charge is 0.494 e. The second-order valence-corrected chi connectivity index (χ2v) is 4.92. The number of benzene rings is 1. The fourth-order valence-electron chi connectivity index (χ4n) is 1.92. The van der Waals surface area contributed by atoms with Gasteiger partial charge in [0.25, 0.3) is 0 Å². The number of nitriles is 1. The summed E-state index contributed by atoms with van der Waals surface area (Å²) in [5, 5.41) is 13.8. The molecule has 104 valence electrons. The first-order valence-corrected chi connectivity index (χ1v) is 6.82. The molecule has 20 heavy (non-hydrogen) atoms. The molecule has 0 aliphatic heterocycles. The monoisotopic (exact) mass is 289 g/mol. The molecule has 0 spiro atoms. The second kappa shape index (κ2) is 6.44. The number of hydrogen-bond donors (Lipinski definition) is 0. The number of aryl methyl sites for hydroxylation is 2. The molecule has 0 bridgehead atoms. The second-order valence-electron chi connectivity index (χ2n) is 4.55. The third-order valence-corrected chi connectivity index (χ3v) is 3.61. The molecule has 0 aliphatic rings. The van der Waals surface area contributed by atoms with E-state index in [1.165, 1.54) is 0 Å². The minimum absolute atomic E-state index is 0.599. The van der Waals surface area contributed by atoms with Crippen LogP contribution in [0, 0.1) is 25.2 Å². The topological polar surface area (TPSA) is 50.8 Å². The SMILES string of the molecule is Cc1nn(CCCOc2ccc(C#N)cc2)c(C)c1Cl. The maximum absolute atomic E-state index is 8.71. The third-order valence-electron chi connectivity index (χ3n) is 3.06. The highest BCUT2D eigenvalue weighted by atomic mass is 35.5. The minimum Gasteiger partial charge on any atom is -0.494 e. The lowest BCUT2D eigenvalue weighted by molar-refractivity contribution is 0.298. The zero-order valence-corrected chi connectivity index (χ0v) is 12.3. The van der Waals surface area contributed by atoms with Gasteiger partial charge in [-0.3, -0.25) is 4.68 Å². The summed E-state index contributed by atoms with van der Waals surface area (Å²) in [6.45, 7) is 5.24. The van der Waals surface area contributed by atoms with Gasteiger partial charge in [-0.25, -0.2) is 0 Å². The van der Waals surface area contributed by atoms with E-state index >= 15 is 0 Å². The van der Waals surface area contributed by atoms with Crippen LogP contribution in [-0.4, -0.2) is 16.4 Å². The highest BCUT2D eigenvalue weighted by Crippen LogP contribution is 2.19. The quantitative estimate of drug-likeness (QED) is 0.792. The molecule has 0 atom stereocenters. The van der Waals surface area contributed by atoms with Crippen molar-refractivity contribution in [1.29, 1.82) is 5.26 Å². The Bertz CT molecular complexity index is 626. The Hall–Kier alpha value is -1.99. The summed E-state index contributed by atoms with van der Waals surface area (Å²) in [6.07, 6.45) is 0.846. The van der Waals surface area contributed by atoms with E-state index in [9.17, 15) is 0 Å². The summed E-state index contributed by atoms with van der Waals surface area (Å²) in [4.78, 5) is 0. The van der Waals surface area contributed by atoms with Crippen molar-refractivity contribution in [3.8, 4) is 11.8 Å². The smallest absolute Gasteiger partial charge is 0.119 e. The molecule has 2 aromatic rings. The van der Waals surface area contributed by atoms with Crippen molar-refractivity contribution in [2.45, 2.75) is 26.8 Å². The summed E-state index contributed by atoms with van der Waals surface area (Å²) in [5.74, 6) is 0.774. The van der Waals surface area contributed by atoms with Crippen LogP contribution in [0.15, 0.2) is 24.3 Å². The number of halogens is 1. The minimum atomic E-state index is 0.599. The Balaban J connectivity index is 1.81. The van der Waals surface area contributed by atoms with Gasteiger partial charge in [0, 0.05) is 13.0 Å². The Morgan fingerprint density at radius 1 is 1.30 bits per heavy atom. The van der Waals surface area contributed by atoms with Crippen LogP contribution in [0.3, 0.4) is 0 Å².